The van der Waals surface area contributed by atoms with Gasteiger partial charge in [-0.05, 0) is 80.8 Å². The Balaban J connectivity index is 1.12. The Hall–Kier alpha value is -3.48. The molecule has 2 aromatic carbocycles. The average molecular weight is 489 g/mol. The van der Waals surface area contributed by atoms with Gasteiger partial charge >= 0.3 is 0 Å². The van der Waals surface area contributed by atoms with Crippen molar-refractivity contribution < 1.29 is 23.9 Å². The maximum atomic E-state index is 13.1. The van der Waals surface area contributed by atoms with Crippen LogP contribution < -0.4 is 10.1 Å². The van der Waals surface area contributed by atoms with Gasteiger partial charge in [-0.15, -0.1) is 0 Å². The second-order valence-electron chi connectivity index (χ2n) is 10.1. The first-order valence-corrected chi connectivity index (χ1v) is 13.0. The van der Waals surface area contributed by atoms with Gasteiger partial charge in [-0.1, -0.05) is 12.1 Å². The first-order chi connectivity index (χ1) is 17.4. The molecule has 5 rings (SSSR count). The Kier molecular flexibility index (Phi) is 6.90. The van der Waals surface area contributed by atoms with Gasteiger partial charge in [0.25, 0.3) is 5.91 Å². The highest BCUT2D eigenvalue weighted by molar-refractivity contribution is 6.02. The molecule has 1 atom stereocenters. The lowest BCUT2D eigenvalue weighted by atomic mass is 9.88. The summed E-state index contributed by atoms with van der Waals surface area (Å²) in [5, 5.41) is 2.78. The molecule has 1 fully saturated rings. The summed E-state index contributed by atoms with van der Waals surface area (Å²) in [5.74, 6) is 0.145. The Morgan fingerprint density at radius 1 is 0.944 bits per heavy atom. The number of aryl methyl sites for hydroxylation is 2. The molecule has 1 aliphatic carbocycles. The van der Waals surface area contributed by atoms with Crippen LogP contribution in [0.2, 0.25) is 0 Å². The fourth-order valence-corrected chi connectivity index (χ4v) is 5.42. The number of hydrogen-bond donors (Lipinski definition) is 1. The lowest BCUT2D eigenvalue weighted by Gasteiger charge is -2.31. The summed E-state index contributed by atoms with van der Waals surface area (Å²) >= 11 is 0. The van der Waals surface area contributed by atoms with Crippen LogP contribution in [0.1, 0.15) is 77.3 Å². The van der Waals surface area contributed by atoms with Crippen molar-refractivity contribution in [1.29, 1.82) is 0 Å². The fourth-order valence-electron chi connectivity index (χ4n) is 5.42. The highest BCUT2D eigenvalue weighted by Crippen LogP contribution is 2.32. The molecule has 2 heterocycles. The standard InChI is InChI=1S/C29H32N2O5/c1-18-29(35)30-24-17-23(8-10-26(24)36-18)28(34)20-12-14-31(15-13-20)27(33)11-9-25(32)22-7-6-19-4-2-3-5-21(19)16-22/h6-8,10,16-18,20H,2-5,9,11-15H2,1H3,(H,30,35). The van der Waals surface area contributed by atoms with E-state index >= 15 is 0 Å². The van der Waals surface area contributed by atoms with Crippen molar-refractivity contribution in [1.82, 2.24) is 4.90 Å². The Morgan fingerprint density at radius 2 is 1.67 bits per heavy atom. The molecular weight excluding hydrogens is 456 g/mol. The van der Waals surface area contributed by atoms with E-state index < -0.39 is 6.10 Å². The SMILES string of the molecule is CC1Oc2ccc(C(=O)C3CCN(C(=O)CCC(=O)c4ccc5c(c4)CCCC5)CC3)cc2NC1=O. The van der Waals surface area contributed by atoms with Gasteiger partial charge < -0.3 is 15.0 Å². The third-order valence-corrected chi connectivity index (χ3v) is 7.65. The molecule has 7 heteroatoms. The smallest absolute Gasteiger partial charge is 0.265 e. The molecule has 0 radical (unpaired) electrons. The summed E-state index contributed by atoms with van der Waals surface area (Å²) in [7, 11) is 0. The summed E-state index contributed by atoms with van der Waals surface area (Å²) in [6.45, 7) is 2.69. The van der Waals surface area contributed by atoms with Crippen LogP contribution in [0.25, 0.3) is 0 Å². The zero-order chi connectivity index (χ0) is 25.2. The lowest BCUT2D eigenvalue weighted by molar-refractivity contribution is -0.132. The number of rotatable bonds is 6. The highest BCUT2D eigenvalue weighted by Gasteiger charge is 2.30. The number of ether oxygens (including phenoxy) is 1. The van der Waals surface area contributed by atoms with Crippen molar-refractivity contribution in [3.05, 3.63) is 58.7 Å². The predicted molar refractivity (Wildman–Crippen MR) is 135 cm³/mol. The lowest BCUT2D eigenvalue weighted by Crippen LogP contribution is -2.40. The van der Waals surface area contributed by atoms with Crippen LogP contribution in [-0.4, -0.2) is 47.5 Å². The minimum atomic E-state index is -0.561. The van der Waals surface area contributed by atoms with Crippen LogP contribution >= 0.6 is 0 Å². The molecule has 1 N–H and O–H groups in total. The van der Waals surface area contributed by atoms with E-state index in [4.69, 9.17) is 4.74 Å². The van der Waals surface area contributed by atoms with E-state index in [2.05, 4.69) is 11.4 Å². The number of anilines is 1. The van der Waals surface area contributed by atoms with Gasteiger partial charge in [0, 0.05) is 43.0 Å². The van der Waals surface area contributed by atoms with Gasteiger partial charge in [-0.2, -0.15) is 0 Å². The molecule has 36 heavy (non-hydrogen) atoms. The molecule has 1 saturated heterocycles. The number of nitrogens with one attached hydrogen (secondary N) is 1. The zero-order valence-electron chi connectivity index (χ0n) is 20.7. The monoisotopic (exact) mass is 488 g/mol. The number of ketones is 2. The van der Waals surface area contributed by atoms with Crippen LogP contribution in [0.4, 0.5) is 5.69 Å². The molecule has 1 unspecified atom stereocenters. The van der Waals surface area contributed by atoms with Crippen LogP contribution in [0.15, 0.2) is 36.4 Å². The summed E-state index contributed by atoms with van der Waals surface area (Å²) in [4.78, 5) is 52.2. The van der Waals surface area contributed by atoms with E-state index in [9.17, 15) is 19.2 Å². The van der Waals surface area contributed by atoms with Crippen molar-refractivity contribution in [3.8, 4) is 5.75 Å². The number of amides is 2. The van der Waals surface area contributed by atoms with Crippen LogP contribution in [0, 0.1) is 5.92 Å². The van der Waals surface area contributed by atoms with Crippen LogP contribution in [0.3, 0.4) is 0 Å². The summed E-state index contributed by atoms with van der Waals surface area (Å²) in [5.41, 5.74) is 4.37. The van der Waals surface area contributed by atoms with Gasteiger partial charge in [0.2, 0.25) is 5.91 Å². The first-order valence-electron chi connectivity index (χ1n) is 13.0. The Morgan fingerprint density at radius 3 is 2.44 bits per heavy atom. The van der Waals surface area contributed by atoms with Crippen molar-refractivity contribution in [2.45, 2.75) is 64.4 Å². The van der Waals surface area contributed by atoms with Crippen LogP contribution in [-0.2, 0) is 22.4 Å². The van der Waals surface area contributed by atoms with Gasteiger partial charge in [0.05, 0.1) is 5.69 Å². The van der Waals surface area contributed by atoms with E-state index in [-0.39, 0.29) is 42.1 Å². The fraction of sp³-hybridized carbons (Fsp3) is 0.448. The Labute approximate surface area is 211 Å². The molecule has 0 bridgehead atoms. The van der Waals surface area contributed by atoms with E-state index in [0.29, 0.717) is 48.5 Å². The van der Waals surface area contributed by atoms with Crippen molar-refractivity contribution in [2.24, 2.45) is 5.92 Å². The third kappa shape index (κ3) is 5.06. The molecular formula is C29H32N2O5. The number of Topliss-reactive ketones (excluding diaryl/α,β-unsaturated/α-hetero) is 2. The van der Waals surface area contributed by atoms with Gasteiger partial charge in [0.15, 0.2) is 17.7 Å². The van der Waals surface area contributed by atoms with E-state index in [1.165, 1.54) is 17.5 Å². The third-order valence-electron chi connectivity index (χ3n) is 7.65. The molecule has 0 aromatic heterocycles. The minimum Gasteiger partial charge on any atom is -0.479 e. The number of piperidine rings is 1. The molecule has 7 nitrogen and oxygen atoms in total. The van der Waals surface area contributed by atoms with Crippen LogP contribution in [0.5, 0.6) is 5.75 Å². The van der Waals surface area contributed by atoms with Gasteiger partial charge in [-0.3, -0.25) is 19.2 Å². The molecule has 0 spiro atoms. The average Bonchev–Trinajstić information content (AvgIpc) is 2.91. The molecule has 0 saturated carbocycles. The number of hydrogen-bond acceptors (Lipinski definition) is 5. The van der Waals surface area contributed by atoms with Gasteiger partial charge in [0.1, 0.15) is 5.75 Å². The highest BCUT2D eigenvalue weighted by atomic mass is 16.5. The first kappa shape index (κ1) is 24.2. The number of fused-ring (bicyclic) bond motifs is 2. The number of likely N-dealkylation sites (tertiary alicyclic amines) is 1. The molecule has 188 valence electrons. The molecule has 2 aromatic rings. The molecule has 2 aliphatic heterocycles. The summed E-state index contributed by atoms with van der Waals surface area (Å²) < 4.78 is 5.57. The summed E-state index contributed by atoms with van der Waals surface area (Å²) in [6, 6.07) is 11.1. The topological polar surface area (TPSA) is 92.8 Å². The van der Waals surface area contributed by atoms with E-state index in [1.807, 2.05) is 12.1 Å². The number of nitrogens with zero attached hydrogens (tertiary/aromatic N) is 1. The Bertz CT molecular complexity index is 1210. The second-order valence-corrected chi connectivity index (χ2v) is 10.1. The zero-order valence-corrected chi connectivity index (χ0v) is 20.7. The van der Waals surface area contributed by atoms with Crippen molar-refractivity contribution in [2.75, 3.05) is 18.4 Å². The largest absolute Gasteiger partial charge is 0.479 e. The van der Waals surface area contributed by atoms with Crippen molar-refractivity contribution >= 4 is 29.1 Å². The normalized spacial score (nSPS) is 19.5. The predicted octanol–water partition coefficient (Wildman–Crippen LogP) is 4.37. The van der Waals surface area contributed by atoms with Gasteiger partial charge in [-0.25, -0.2) is 0 Å². The maximum absolute atomic E-state index is 13.1. The number of carbonyl (C=O) groups is 4. The molecule has 3 aliphatic rings. The van der Waals surface area contributed by atoms with E-state index in [1.54, 1.807) is 30.0 Å². The van der Waals surface area contributed by atoms with Crippen molar-refractivity contribution in [3.63, 3.8) is 0 Å². The quantitative estimate of drug-likeness (QED) is 0.610. The number of carbonyl (C=O) groups excluding carboxylic acids is 4. The second kappa shape index (κ2) is 10.2. The minimum absolute atomic E-state index is 0.0136. The maximum Gasteiger partial charge on any atom is 0.265 e. The van der Waals surface area contributed by atoms with E-state index in [0.717, 1.165) is 19.3 Å². The molecule has 2 amide bonds. The number of benzene rings is 2. The summed E-state index contributed by atoms with van der Waals surface area (Å²) in [6.07, 6.45) is 5.48.